The summed E-state index contributed by atoms with van der Waals surface area (Å²) in [5, 5.41) is 3.22. The van der Waals surface area contributed by atoms with E-state index in [9.17, 15) is 4.79 Å². The first-order valence-corrected chi connectivity index (χ1v) is 8.23. The van der Waals surface area contributed by atoms with Crippen molar-refractivity contribution in [2.45, 2.75) is 20.3 Å². The summed E-state index contributed by atoms with van der Waals surface area (Å²) in [7, 11) is 1.68. The van der Waals surface area contributed by atoms with Crippen LogP contribution in [-0.2, 0) is 4.74 Å². The molecule has 128 valence electrons. The summed E-state index contributed by atoms with van der Waals surface area (Å²) in [4.78, 5) is 18.9. The third kappa shape index (κ3) is 4.80. The predicted molar refractivity (Wildman–Crippen MR) is 97.7 cm³/mol. The quantitative estimate of drug-likeness (QED) is 0.754. The van der Waals surface area contributed by atoms with Gasteiger partial charge in [-0.3, -0.25) is 4.79 Å². The lowest BCUT2D eigenvalue weighted by atomic mass is 10.1. The number of carbonyl (C=O) groups excluding carboxylic acids is 1. The highest BCUT2D eigenvalue weighted by Crippen LogP contribution is 2.19. The van der Waals surface area contributed by atoms with Crippen LogP contribution < -0.4 is 10.2 Å². The van der Waals surface area contributed by atoms with Crippen molar-refractivity contribution in [2.24, 2.45) is 0 Å². The Morgan fingerprint density at radius 3 is 2.83 bits per heavy atom. The standard InChI is InChI=1S/C19H25N3O2/c1-4-22(17-8-5-7-15(2)13-17)19(23)16-9-11-21-18(14-16)20-10-6-12-24-3/h5,7-9,11,13-14H,4,6,10,12H2,1-3H3,(H,20,21). The largest absolute Gasteiger partial charge is 0.385 e. The Kier molecular flexibility index (Phi) is 6.75. The van der Waals surface area contributed by atoms with Gasteiger partial charge in [-0.25, -0.2) is 4.98 Å². The molecule has 0 aliphatic heterocycles. The van der Waals surface area contributed by atoms with Crippen LogP contribution >= 0.6 is 0 Å². The van der Waals surface area contributed by atoms with Crippen molar-refractivity contribution in [2.75, 3.05) is 37.0 Å². The van der Waals surface area contributed by atoms with E-state index in [0.29, 0.717) is 24.5 Å². The first kappa shape index (κ1) is 17.9. The van der Waals surface area contributed by atoms with E-state index in [1.807, 2.05) is 38.1 Å². The van der Waals surface area contributed by atoms with Gasteiger partial charge in [-0.15, -0.1) is 0 Å². The van der Waals surface area contributed by atoms with Crippen LogP contribution in [0.15, 0.2) is 42.6 Å². The molecular weight excluding hydrogens is 302 g/mol. The van der Waals surface area contributed by atoms with Crippen LogP contribution in [0.5, 0.6) is 0 Å². The molecule has 0 radical (unpaired) electrons. The number of carbonyl (C=O) groups is 1. The molecule has 0 aliphatic rings. The van der Waals surface area contributed by atoms with E-state index in [4.69, 9.17) is 4.74 Å². The van der Waals surface area contributed by atoms with Gasteiger partial charge < -0.3 is 15.0 Å². The fraction of sp³-hybridized carbons (Fsp3) is 0.368. The Morgan fingerprint density at radius 1 is 1.29 bits per heavy atom. The van der Waals surface area contributed by atoms with Crippen LogP contribution in [0, 0.1) is 6.92 Å². The van der Waals surface area contributed by atoms with Crippen molar-refractivity contribution in [3.05, 3.63) is 53.7 Å². The van der Waals surface area contributed by atoms with Crippen molar-refractivity contribution in [1.82, 2.24) is 4.98 Å². The van der Waals surface area contributed by atoms with Crippen molar-refractivity contribution < 1.29 is 9.53 Å². The lowest BCUT2D eigenvalue weighted by Gasteiger charge is -2.21. The maximum absolute atomic E-state index is 12.9. The van der Waals surface area contributed by atoms with Crippen LogP contribution in [-0.4, -0.2) is 37.7 Å². The number of aryl methyl sites for hydroxylation is 1. The molecule has 1 amide bonds. The molecule has 0 unspecified atom stereocenters. The Bertz CT molecular complexity index is 673. The molecule has 5 nitrogen and oxygen atoms in total. The highest BCUT2D eigenvalue weighted by atomic mass is 16.5. The Morgan fingerprint density at radius 2 is 2.12 bits per heavy atom. The second-order valence-electron chi connectivity index (χ2n) is 5.59. The van der Waals surface area contributed by atoms with Crippen LogP contribution in [0.3, 0.4) is 0 Å². The lowest BCUT2D eigenvalue weighted by molar-refractivity contribution is 0.0988. The molecule has 5 heteroatoms. The Balaban J connectivity index is 2.12. The predicted octanol–water partition coefficient (Wildman–Crippen LogP) is 3.51. The molecule has 1 aromatic carbocycles. The molecule has 0 saturated carbocycles. The van der Waals surface area contributed by atoms with Crippen LogP contribution in [0.2, 0.25) is 0 Å². The maximum Gasteiger partial charge on any atom is 0.258 e. The summed E-state index contributed by atoms with van der Waals surface area (Å²) in [6, 6.07) is 11.5. The SMILES string of the molecule is CCN(C(=O)c1ccnc(NCCCOC)c1)c1cccc(C)c1. The van der Waals surface area contributed by atoms with Gasteiger partial charge in [0.05, 0.1) is 0 Å². The number of methoxy groups -OCH3 is 1. The maximum atomic E-state index is 12.9. The first-order valence-electron chi connectivity index (χ1n) is 8.23. The number of anilines is 2. The number of ether oxygens (including phenoxy) is 1. The van der Waals surface area contributed by atoms with E-state index in [-0.39, 0.29) is 5.91 Å². The first-order chi connectivity index (χ1) is 11.7. The number of nitrogens with zero attached hydrogens (tertiary/aromatic N) is 2. The summed E-state index contributed by atoms with van der Waals surface area (Å²) >= 11 is 0. The number of amides is 1. The molecule has 2 aromatic rings. The zero-order chi connectivity index (χ0) is 17.4. The fourth-order valence-corrected chi connectivity index (χ4v) is 2.49. The molecule has 0 fully saturated rings. The topological polar surface area (TPSA) is 54.5 Å². The van der Waals surface area contributed by atoms with Crippen molar-refractivity contribution in [1.29, 1.82) is 0 Å². The summed E-state index contributed by atoms with van der Waals surface area (Å²) in [6.07, 6.45) is 2.55. The molecule has 1 N–H and O–H groups in total. The monoisotopic (exact) mass is 327 g/mol. The minimum atomic E-state index is -0.0227. The third-order valence-electron chi connectivity index (χ3n) is 3.71. The third-order valence-corrected chi connectivity index (χ3v) is 3.71. The zero-order valence-corrected chi connectivity index (χ0v) is 14.6. The summed E-state index contributed by atoms with van der Waals surface area (Å²) in [5.74, 6) is 0.683. The van der Waals surface area contributed by atoms with Gasteiger partial charge in [0, 0.05) is 44.3 Å². The zero-order valence-electron chi connectivity index (χ0n) is 14.6. The number of benzene rings is 1. The van der Waals surface area contributed by atoms with Crippen molar-refractivity contribution in [3.8, 4) is 0 Å². The van der Waals surface area contributed by atoms with Crippen LogP contribution in [0.1, 0.15) is 29.3 Å². The van der Waals surface area contributed by atoms with Crippen LogP contribution in [0.4, 0.5) is 11.5 Å². The van der Waals surface area contributed by atoms with Gasteiger partial charge in [-0.1, -0.05) is 12.1 Å². The average Bonchev–Trinajstić information content (AvgIpc) is 2.60. The number of hydrogen-bond donors (Lipinski definition) is 1. The molecular formula is C19H25N3O2. The summed E-state index contributed by atoms with van der Waals surface area (Å²) in [6.45, 7) is 6.07. The fourth-order valence-electron chi connectivity index (χ4n) is 2.49. The van der Waals surface area contributed by atoms with Gasteiger partial charge in [0.2, 0.25) is 0 Å². The van der Waals surface area contributed by atoms with E-state index in [1.165, 1.54) is 0 Å². The smallest absolute Gasteiger partial charge is 0.258 e. The van der Waals surface area contributed by atoms with Crippen LogP contribution in [0.25, 0.3) is 0 Å². The molecule has 0 saturated heterocycles. The van der Waals surface area contributed by atoms with Gasteiger partial charge in [-0.2, -0.15) is 0 Å². The van der Waals surface area contributed by atoms with E-state index in [1.54, 1.807) is 30.3 Å². The van der Waals surface area contributed by atoms with E-state index in [0.717, 1.165) is 24.2 Å². The van der Waals surface area contributed by atoms with Gasteiger partial charge in [0.1, 0.15) is 5.82 Å². The minimum absolute atomic E-state index is 0.0227. The summed E-state index contributed by atoms with van der Waals surface area (Å²) in [5.41, 5.74) is 2.67. The van der Waals surface area contributed by atoms with Crippen molar-refractivity contribution >= 4 is 17.4 Å². The molecule has 2 rings (SSSR count). The van der Waals surface area contributed by atoms with E-state index in [2.05, 4.69) is 10.3 Å². The Labute approximate surface area is 143 Å². The van der Waals surface area contributed by atoms with Gasteiger partial charge in [0.25, 0.3) is 5.91 Å². The molecule has 0 atom stereocenters. The number of nitrogens with one attached hydrogen (secondary N) is 1. The number of rotatable bonds is 8. The second kappa shape index (κ2) is 9.03. The van der Waals surface area contributed by atoms with Gasteiger partial charge in [-0.05, 0) is 50.1 Å². The van der Waals surface area contributed by atoms with Gasteiger partial charge in [0.15, 0.2) is 0 Å². The highest BCUT2D eigenvalue weighted by Gasteiger charge is 2.16. The molecule has 24 heavy (non-hydrogen) atoms. The molecule has 0 bridgehead atoms. The summed E-state index contributed by atoms with van der Waals surface area (Å²) < 4.78 is 5.03. The molecule has 0 spiro atoms. The van der Waals surface area contributed by atoms with Gasteiger partial charge >= 0.3 is 0 Å². The molecule has 1 heterocycles. The molecule has 1 aromatic heterocycles. The second-order valence-corrected chi connectivity index (χ2v) is 5.59. The lowest BCUT2D eigenvalue weighted by Crippen LogP contribution is -2.30. The molecule has 0 aliphatic carbocycles. The number of pyridine rings is 1. The Hall–Kier alpha value is -2.40. The number of hydrogen-bond acceptors (Lipinski definition) is 4. The van der Waals surface area contributed by atoms with Crippen molar-refractivity contribution in [3.63, 3.8) is 0 Å². The normalized spacial score (nSPS) is 10.5. The van der Waals surface area contributed by atoms with E-state index >= 15 is 0 Å². The highest BCUT2D eigenvalue weighted by molar-refractivity contribution is 6.06. The van der Waals surface area contributed by atoms with E-state index < -0.39 is 0 Å². The average molecular weight is 327 g/mol. The minimum Gasteiger partial charge on any atom is -0.385 e. The number of aromatic nitrogens is 1.